The van der Waals surface area contributed by atoms with Gasteiger partial charge in [-0.3, -0.25) is 0 Å². The SMILES string of the molecule is COC(=O)c1c(I)ncc(CN)c1C(F)F. The van der Waals surface area contributed by atoms with E-state index in [-0.39, 0.29) is 21.4 Å². The van der Waals surface area contributed by atoms with Crippen LogP contribution in [0.15, 0.2) is 6.20 Å². The van der Waals surface area contributed by atoms with E-state index in [1.165, 1.54) is 6.20 Å². The quantitative estimate of drug-likeness (QED) is 0.518. The molecule has 0 bridgehead atoms. The summed E-state index contributed by atoms with van der Waals surface area (Å²) in [7, 11) is 1.13. The van der Waals surface area contributed by atoms with Gasteiger partial charge in [0.25, 0.3) is 6.43 Å². The summed E-state index contributed by atoms with van der Waals surface area (Å²) in [6, 6.07) is 0. The number of pyridine rings is 1. The molecule has 0 atom stereocenters. The second kappa shape index (κ2) is 5.48. The summed E-state index contributed by atoms with van der Waals surface area (Å²) in [5, 5.41) is 0. The zero-order valence-electron chi connectivity index (χ0n) is 8.34. The second-order valence-electron chi connectivity index (χ2n) is 2.86. The van der Waals surface area contributed by atoms with Gasteiger partial charge in [-0.1, -0.05) is 0 Å². The van der Waals surface area contributed by atoms with Crippen LogP contribution < -0.4 is 5.73 Å². The molecular formula is C9H9F2IN2O2. The van der Waals surface area contributed by atoms with Crippen molar-refractivity contribution in [2.75, 3.05) is 7.11 Å². The van der Waals surface area contributed by atoms with Gasteiger partial charge in [-0.2, -0.15) is 0 Å². The number of hydrogen-bond acceptors (Lipinski definition) is 4. The third kappa shape index (κ3) is 2.46. The third-order valence-electron chi connectivity index (χ3n) is 1.98. The van der Waals surface area contributed by atoms with Gasteiger partial charge >= 0.3 is 5.97 Å². The van der Waals surface area contributed by atoms with Crippen molar-refractivity contribution < 1.29 is 18.3 Å². The van der Waals surface area contributed by atoms with Gasteiger partial charge in [0.15, 0.2) is 0 Å². The number of carbonyl (C=O) groups is 1. The van der Waals surface area contributed by atoms with Crippen molar-refractivity contribution in [3.63, 3.8) is 0 Å². The number of rotatable bonds is 3. The van der Waals surface area contributed by atoms with Gasteiger partial charge < -0.3 is 10.5 Å². The summed E-state index contributed by atoms with van der Waals surface area (Å²) in [5.74, 6) is -0.831. The number of nitrogens with two attached hydrogens (primary N) is 1. The van der Waals surface area contributed by atoms with Crippen molar-refractivity contribution in [3.05, 3.63) is 26.6 Å². The normalized spacial score (nSPS) is 10.6. The lowest BCUT2D eigenvalue weighted by Gasteiger charge is -2.12. The highest BCUT2D eigenvalue weighted by Crippen LogP contribution is 2.29. The van der Waals surface area contributed by atoms with Crippen molar-refractivity contribution >= 4 is 28.6 Å². The molecule has 0 amide bonds. The summed E-state index contributed by atoms with van der Waals surface area (Å²) in [6.07, 6.45) is -1.54. The van der Waals surface area contributed by atoms with Crippen LogP contribution in [-0.2, 0) is 11.3 Å². The van der Waals surface area contributed by atoms with Crippen LogP contribution in [0.4, 0.5) is 8.78 Å². The maximum absolute atomic E-state index is 12.9. The molecule has 0 aliphatic heterocycles. The van der Waals surface area contributed by atoms with Gasteiger partial charge in [0, 0.05) is 18.3 Å². The number of hydrogen-bond donors (Lipinski definition) is 1. The molecule has 1 aromatic heterocycles. The molecule has 0 fully saturated rings. The van der Waals surface area contributed by atoms with E-state index in [1.807, 2.05) is 0 Å². The van der Waals surface area contributed by atoms with E-state index in [2.05, 4.69) is 9.72 Å². The molecule has 0 saturated carbocycles. The minimum atomic E-state index is -2.79. The molecule has 0 radical (unpaired) electrons. The molecule has 0 aliphatic carbocycles. The van der Waals surface area contributed by atoms with E-state index in [9.17, 15) is 13.6 Å². The second-order valence-corrected chi connectivity index (χ2v) is 3.88. The van der Waals surface area contributed by atoms with Gasteiger partial charge in [0.05, 0.1) is 7.11 Å². The first kappa shape index (κ1) is 13.2. The number of esters is 1. The Labute approximate surface area is 104 Å². The number of nitrogens with zero attached hydrogens (tertiary/aromatic N) is 1. The Kier molecular flexibility index (Phi) is 4.54. The van der Waals surface area contributed by atoms with Gasteiger partial charge in [-0.25, -0.2) is 18.6 Å². The lowest BCUT2D eigenvalue weighted by atomic mass is 10.1. The Balaban J connectivity index is 3.48. The van der Waals surface area contributed by atoms with Crippen molar-refractivity contribution in [1.82, 2.24) is 4.98 Å². The summed E-state index contributed by atoms with van der Waals surface area (Å²) < 4.78 is 30.3. The molecule has 1 aromatic rings. The van der Waals surface area contributed by atoms with Crippen molar-refractivity contribution in [2.45, 2.75) is 13.0 Å². The maximum atomic E-state index is 12.9. The molecule has 0 unspecified atom stereocenters. The first-order valence-corrected chi connectivity index (χ1v) is 5.34. The van der Waals surface area contributed by atoms with Crippen LogP contribution in [0.3, 0.4) is 0 Å². The predicted molar refractivity (Wildman–Crippen MR) is 61.1 cm³/mol. The minimum Gasteiger partial charge on any atom is -0.465 e. The van der Waals surface area contributed by atoms with Crippen molar-refractivity contribution in [1.29, 1.82) is 0 Å². The van der Waals surface area contributed by atoms with Crippen LogP contribution in [0.25, 0.3) is 0 Å². The van der Waals surface area contributed by atoms with Crippen LogP contribution in [0, 0.1) is 3.70 Å². The zero-order valence-corrected chi connectivity index (χ0v) is 10.5. The van der Waals surface area contributed by atoms with E-state index >= 15 is 0 Å². The molecule has 0 aromatic carbocycles. The van der Waals surface area contributed by atoms with Crippen LogP contribution >= 0.6 is 22.6 Å². The molecule has 0 spiro atoms. The smallest absolute Gasteiger partial charge is 0.341 e. The fourth-order valence-corrected chi connectivity index (χ4v) is 1.90. The number of ether oxygens (including phenoxy) is 1. The summed E-state index contributed by atoms with van der Waals surface area (Å²) in [6.45, 7) is -0.104. The third-order valence-corrected chi connectivity index (χ3v) is 2.80. The van der Waals surface area contributed by atoms with Gasteiger partial charge in [-0.15, -0.1) is 0 Å². The predicted octanol–water partition coefficient (Wildman–Crippen LogP) is 1.87. The van der Waals surface area contributed by atoms with Crippen LogP contribution in [0.1, 0.15) is 27.9 Å². The first-order valence-electron chi connectivity index (χ1n) is 4.26. The minimum absolute atomic E-state index is 0.104. The van der Waals surface area contributed by atoms with Gasteiger partial charge in [0.1, 0.15) is 9.26 Å². The molecule has 1 heterocycles. The van der Waals surface area contributed by atoms with E-state index < -0.39 is 18.0 Å². The monoisotopic (exact) mass is 342 g/mol. The number of aromatic nitrogens is 1. The average molecular weight is 342 g/mol. The molecule has 0 aliphatic rings. The highest BCUT2D eigenvalue weighted by Gasteiger charge is 2.25. The molecular weight excluding hydrogens is 333 g/mol. The molecule has 1 rings (SSSR count). The van der Waals surface area contributed by atoms with Crippen LogP contribution in [0.5, 0.6) is 0 Å². The van der Waals surface area contributed by atoms with Gasteiger partial charge in [-0.05, 0) is 28.2 Å². The highest BCUT2D eigenvalue weighted by atomic mass is 127. The number of halogens is 3. The van der Waals surface area contributed by atoms with Crippen molar-refractivity contribution in [2.24, 2.45) is 5.73 Å². The fraction of sp³-hybridized carbons (Fsp3) is 0.333. The molecule has 4 nitrogen and oxygen atoms in total. The summed E-state index contributed by atoms with van der Waals surface area (Å²) in [4.78, 5) is 15.2. The summed E-state index contributed by atoms with van der Waals surface area (Å²) in [5.41, 5.74) is 4.87. The first-order chi connectivity index (χ1) is 7.52. The van der Waals surface area contributed by atoms with E-state index in [0.717, 1.165) is 7.11 Å². The van der Waals surface area contributed by atoms with Crippen molar-refractivity contribution in [3.8, 4) is 0 Å². The number of carbonyl (C=O) groups excluding carboxylic acids is 1. The Morgan fingerprint density at radius 2 is 2.31 bits per heavy atom. The largest absolute Gasteiger partial charge is 0.465 e. The Morgan fingerprint density at radius 1 is 1.69 bits per heavy atom. The molecule has 7 heteroatoms. The van der Waals surface area contributed by atoms with E-state index in [0.29, 0.717) is 0 Å². The van der Waals surface area contributed by atoms with Gasteiger partial charge in [0.2, 0.25) is 0 Å². The maximum Gasteiger partial charge on any atom is 0.341 e. The standard InChI is InChI=1S/C9H9F2IN2O2/c1-16-9(15)6-5(7(10)11)4(2-13)3-14-8(6)12/h3,7H,2,13H2,1H3. The summed E-state index contributed by atoms with van der Waals surface area (Å²) >= 11 is 1.70. The number of alkyl halides is 2. The fourth-order valence-electron chi connectivity index (χ4n) is 1.25. The topological polar surface area (TPSA) is 65.2 Å². The average Bonchev–Trinajstić information content (AvgIpc) is 2.27. The Morgan fingerprint density at radius 3 is 2.75 bits per heavy atom. The molecule has 88 valence electrons. The number of methoxy groups -OCH3 is 1. The Hall–Kier alpha value is -0.830. The molecule has 0 saturated heterocycles. The molecule has 16 heavy (non-hydrogen) atoms. The molecule has 2 N–H and O–H groups in total. The lowest BCUT2D eigenvalue weighted by Crippen LogP contribution is -2.14. The van der Waals surface area contributed by atoms with E-state index in [4.69, 9.17) is 5.73 Å². The Bertz CT molecular complexity index is 413. The van der Waals surface area contributed by atoms with Crippen LogP contribution in [-0.4, -0.2) is 18.1 Å². The van der Waals surface area contributed by atoms with Crippen LogP contribution in [0.2, 0.25) is 0 Å². The van der Waals surface area contributed by atoms with E-state index in [1.54, 1.807) is 22.6 Å². The zero-order chi connectivity index (χ0) is 12.3. The highest BCUT2D eigenvalue weighted by molar-refractivity contribution is 14.1. The lowest BCUT2D eigenvalue weighted by molar-refractivity contribution is 0.0586.